The van der Waals surface area contributed by atoms with E-state index in [9.17, 15) is 14.4 Å². The van der Waals surface area contributed by atoms with Gasteiger partial charge in [0.15, 0.2) is 18.2 Å². The van der Waals surface area contributed by atoms with E-state index in [1.165, 1.54) is 29.2 Å². The van der Waals surface area contributed by atoms with Crippen LogP contribution in [0.2, 0.25) is 0 Å². The summed E-state index contributed by atoms with van der Waals surface area (Å²) in [7, 11) is 0. The topological polar surface area (TPSA) is 109 Å². The average molecular weight is 406 g/mol. The lowest BCUT2D eigenvalue weighted by Gasteiger charge is -2.27. The van der Waals surface area contributed by atoms with Crippen LogP contribution in [0.4, 0.5) is 11.5 Å². The summed E-state index contributed by atoms with van der Waals surface area (Å²) in [6.07, 6.45) is 0. The van der Waals surface area contributed by atoms with E-state index < -0.39 is 11.9 Å². The molecule has 25 heavy (non-hydrogen) atoms. The molecule has 8 nitrogen and oxygen atoms in total. The second-order valence-electron chi connectivity index (χ2n) is 5.15. The summed E-state index contributed by atoms with van der Waals surface area (Å²) >= 11 is 3.22. The van der Waals surface area contributed by atoms with Crippen LogP contribution in [0.25, 0.3) is 0 Å². The molecule has 0 aliphatic carbocycles. The van der Waals surface area contributed by atoms with E-state index in [1.807, 2.05) is 0 Å². The summed E-state index contributed by atoms with van der Waals surface area (Å²) in [4.78, 5) is 40.6. The average Bonchev–Trinajstić information content (AvgIpc) is 2.58. The molecule has 0 fully saturated rings. The number of carboxylic acid groups (broad SMARTS) is 1. The Labute approximate surface area is 150 Å². The second kappa shape index (κ2) is 6.89. The highest BCUT2D eigenvalue weighted by Gasteiger charge is 2.29. The molecule has 0 atom stereocenters. The molecule has 128 valence electrons. The van der Waals surface area contributed by atoms with Gasteiger partial charge >= 0.3 is 5.97 Å². The van der Waals surface area contributed by atoms with Crippen molar-refractivity contribution in [2.24, 2.45) is 0 Å². The van der Waals surface area contributed by atoms with Gasteiger partial charge in [0.2, 0.25) is 5.91 Å². The summed E-state index contributed by atoms with van der Waals surface area (Å²) in [5, 5.41) is 11.5. The summed E-state index contributed by atoms with van der Waals surface area (Å²) in [5.41, 5.74) is 0.544. The van der Waals surface area contributed by atoms with Gasteiger partial charge in [-0.1, -0.05) is 0 Å². The molecular weight excluding hydrogens is 394 g/mol. The number of benzene rings is 1. The molecule has 1 aromatic heterocycles. The molecule has 3 rings (SSSR count). The molecule has 0 saturated heterocycles. The molecule has 2 heterocycles. The van der Waals surface area contributed by atoms with Gasteiger partial charge in [0.1, 0.15) is 11.1 Å². The number of hydrogen-bond donors (Lipinski definition) is 2. The number of rotatable bonds is 4. The Balaban J connectivity index is 1.73. The Bertz CT molecular complexity index is 853. The van der Waals surface area contributed by atoms with Crippen molar-refractivity contribution >= 4 is 45.2 Å². The monoisotopic (exact) mass is 405 g/mol. The van der Waals surface area contributed by atoms with Crippen LogP contribution in [0.1, 0.15) is 10.4 Å². The van der Waals surface area contributed by atoms with Crippen LogP contribution in [-0.2, 0) is 9.59 Å². The highest BCUT2D eigenvalue weighted by atomic mass is 79.9. The SMILES string of the molecule is O=C(CN1C(=O)COc2ccc(Br)nc21)Nc1ccc(C(=O)O)cc1. The Morgan fingerprint density at radius 1 is 1.24 bits per heavy atom. The largest absolute Gasteiger partial charge is 0.480 e. The number of ether oxygens (including phenoxy) is 1. The van der Waals surface area contributed by atoms with Gasteiger partial charge < -0.3 is 15.2 Å². The molecule has 1 aliphatic rings. The highest BCUT2D eigenvalue weighted by molar-refractivity contribution is 9.10. The van der Waals surface area contributed by atoms with Crippen molar-refractivity contribution < 1.29 is 24.2 Å². The number of aromatic nitrogens is 1. The number of nitrogens with zero attached hydrogens (tertiary/aromatic N) is 2. The zero-order valence-electron chi connectivity index (χ0n) is 12.7. The zero-order chi connectivity index (χ0) is 18.0. The molecular formula is C16H12BrN3O5. The number of carboxylic acids is 1. The lowest BCUT2D eigenvalue weighted by Crippen LogP contribution is -2.44. The molecule has 2 aromatic rings. The van der Waals surface area contributed by atoms with E-state index in [4.69, 9.17) is 9.84 Å². The Kier molecular flexibility index (Phi) is 4.66. The summed E-state index contributed by atoms with van der Waals surface area (Å²) < 4.78 is 5.81. The third-order valence-electron chi connectivity index (χ3n) is 3.43. The van der Waals surface area contributed by atoms with Crippen molar-refractivity contribution in [2.45, 2.75) is 0 Å². The van der Waals surface area contributed by atoms with Crippen molar-refractivity contribution in [2.75, 3.05) is 23.4 Å². The molecule has 0 radical (unpaired) electrons. The summed E-state index contributed by atoms with van der Waals surface area (Å²) in [5.74, 6) is -1.19. The van der Waals surface area contributed by atoms with Gasteiger partial charge in [0.05, 0.1) is 5.56 Å². The van der Waals surface area contributed by atoms with Crippen molar-refractivity contribution in [3.05, 3.63) is 46.6 Å². The van der Waals surface area contributed by atoms with E-state index >= 15 is 0 Å². The van der Waals surface area contributed by atoms with E-state index in [0.29, 0.717) is 16.0 Å². The lowest BCUT2D eigenvalue weighted by atomic mass is 10.2. The Hall–Kier alpha value is -2.94. The third-order valence-corrected chi connectivity index (χ3v) is 3.87. The smallest absolute Gasteiger partial charge is 0.335 e. The molecule has 9 heteroatoms. The number of nitrogens with one attached hydrogen (secondary N) is 1. The van der Waals surface area contributed by atoms with Crippen molar-refractivity contribution in [1.82, 2.24) is 4.98 Å². The zero-order valence-corrected chi connectivity index (χ0v) is 14.3. The summed E-state index contributed by atoms with van der Waals surface area (Å²) in [6, 6.07) is 9.05. The number of amides is 2. The number of halogens is 1. The van der Waals surface area contributed by atoms with Crippen LogP contribution >= 0.6 is 15.9 Å². The Morgan fingerprint density at radius 3 is 2.64 bits per heavy atom. The number of pyridine rings is 1. The maximum Gasteiger partial charge on any atom is 0.335 e. The predicted molar refractivity (Wildman–Crippen MR) is 91.8 cm³/mol. The lowest BCUT2D eigenvalue weighted by molar-refractivity contribution is -0.123. The van der Waals surface area contributed by atoms with Crippen molar-refractivity contribution in [3.63, 3.8) is 0 Å². The fraction of sp³-hybridized carbons (Fsp3) is 0.125. The molecule has 0 spiro atoms. The van der Waals surface area contributed by atoms with E-state index in [-0.39, 0.29) is 30.4 Å². The fourth-order valence-electron chi connectivity index (χ4n) is 2.26. The molecule has 2 amide bonds. The molecule has 0 unspecified atom stereocenters. The molecule has 0 bridgehead atoms. The third kappa shape index (κ3) is 3.77. The minimum absolute atomic E-state index is 0.115. The van der Waals surface area contributed by atoms with Gasteiger partial charge in [-0.3, -0.25) is 14.5 Å². The molecule has 2 N–H and O–H groups in total. The normalized spacial score (nSPS) is 13.0. The first kappa shape index (κ1) is 16.9. The van der Waals surface area contributed by atoms with Crippen LogP contribution in [-0.4, -0.2) is 41.0 Å². The number of fused-ring (bicyclic) bond motifs is 1. The molecule has 1 aliphatic heterocycles. The number of aromatic carboxylic acids is 1. The van der Waals surface area contributed by atoms with Crippen LogP contribution < -0.4 is 15.0 Å². The minimum atomic E-state index is -1.05. The van der Waals surface area contributed by atoms with Gasteiger partial charge in [-0.05, 0) is 52.3 Å². The van der Waals surface area contributed by atoms with E-state index in [1.54, 1.807) is 12.1 Å². The number of carbonyl (C=O) groups is 3. The first-order valence-corrected chi connectivity index (χ1v) is 7.96. The van der Waals surface area contributed by atoms with Crippen LogP contribution in [0, 0.1) is 0 Å². The highest BCUT2D eigenvalue weighted by Crippen LogP contribution is 2.31. The van der Waals surface area contributed by atoms with E-state index in [2.05, 4.69) is 26.2 Å². The van der Waals surface area contributed by atoms with Gasteiger partial charge in [0.25, 0.3) is 5.91 Å². The molecule has 0 saturated carbocycles. The number of carbonyl (C=O) groups excluding carboxylic acids is 2. The van der Waals surface area contributed by atoms with Crippen molar-refractivity contribution in [3.8, 4) is 5.75 Å². The Morgan fingerprint density at radius 2 is 1.96 bits per heavy atom. The van der Waals surface area contributed by atoms with Gasteiger partial charge in [0, 0.05) is 5.69 Å². The number of anilines is 2. The van der Waals surface area contributed by atoms with Crippen LogP contribution in [0.5, 0.6) is 5.75 Å². The van der Waals surface area contributed by atoms with Gasteiger partial charge in [-0.2, -0.15) is 0 Å². The molecule has 1 aromatic carbocycles. The maximum atomic E-state index is 12.2. The quantitative estimate of drug-likeness (QED) is 0.751. The first-order chi connectivity index (χ1) is 11.9. The first-order valence-electron chi connectivity index (χ1n) is 7.17. The fourth-order valence-corrected chi connectivity index (χ4v) is 2.56. The predicted octanol–water partition coefficient (Wildman–Crippen LogP) is 1.91. The van der Waals surface area contributed by atoms with Crippen molar-refractivity contribution in [1.29, 1.82) is 0 Å². The second-order valence-corrected chi connectivity index (χ2v) is 5.97. The number of hydrogen-bond acceptors (Lipinski definition) is 5. The minimum Gasteiger partial charge on any atom is -0.480 e. The van der Waals surface area contributed by atoms with Gasteiger partial charge in [-0.15, -0.1) is 0 Å². The van der Waals surface area contributed by atoms with Crippen LogP contribution in [0.15, 0.2) is 41.0 Å². The standard InChI is InChI=1S/C16H12BrN3O5/c17-12-6-5-11-15(19-12)20(14(22)8-25-11)7-13(21)18-10-3-1-9(2-4-10)16(23)24/h1-6H,7-8H2,(H,18,21)(H,23,24). The maximum absolute atomic E-state index is 12.2. The van der Waals surface area contributed by atoms with E-state index in [0.717, 1.165) is 0 Å². The van der Waals surface area contributed by atoms with Gasteiger partial charge in [-0.25, -0.2) is 9.78 Å². The van der Waals surface area contributed by atoms with Crippen LogP contribution in [0.3, 0.4) is 0 Å². The summed E-state index contributed by atoms with van der Waals surface area (Å²) in [6.45, 7) is -0.407.